The third-order valence-electron chi connectivity index (χ3n) is 5.43. The number of aromatic nitrogens is 1. The molecule has 7 nitrogen and oxygen atoms in total. The maximum Gasteiger partial charge on any atom is 0.231 e. The molecule has 3 heterocycles. The van der Waals surface area contributed by atoms with E-state index in [1.807, 2.05) is 22.8 Å². The van der Waals surface area contributed by atoms with Gasteiger partial charge in [-0.25, -0.2) is 0 Å². The number of ether oxygens (including phenoxy) is 3. The van der Waals surface area contributed by atoms with Crippen LogP contribution in [0.3, 0.4) is 0 Å². The highest BCUT2D eigenvalue weighted by Gasteiger charge is 2.25. The molecular formula is C22H17N3O4. The number of aryl methyl sites for hydroxylation is 1. The first-order valence-corrected chi connectivity index (χ1v) is 9.13. The lowest BCUT2D eigenvalue weighted by Gasteiger charge is -2.24. The van der Waals surface area contributed by atoms with Crippen molar-refractivity contribution in [3.63, 3.8) is 0 Å². The Balaban J connectivity index is 1.76. The highest BCUT2D eigenvalue weighted by atomic mass is 16.7. The van der Waals surface area contributed by atoms with E-state index >= 15 is 0 Å². The molecule has 0 atom stereocenters. The molecule has 0 bridgehead atoms. The standard InChI is InChI=1S/C22H17N3O4/c1-27-19-3-2-12(6-18(19)26)14-8-17-15-9-21-20(28-11-29-21)7-13(15)4-5-25(17)22(24)16(14)10-23/h2-3,6-9,24,26H,4-5,11H2,1H3. The topological polar surface area (TPSA) is 100 Å². The molecule has 1 aromatic heterocycles. The maximum atomic E-state index is 10.2. The van der Waals surface area contributed by atoms with Gasteiger partial charge in [0.05, 0.1) is 12.8 Å². The van der Waals surface area contributed by atoms with Crippen molar-refractivity contribution >= 4 is 0 Å². The van der Waals surface area contributed by atoms with Crippen molar-refractivity contribution in [2.24, 2.45) is 0 Å². The summed E-state index contributed by atoms with van der Waals surface area (Å²) in [6, 6.07) is 13.0. The largest absolute Gasteiger partial charge is 0.504 e. The average Bonchev–Trinajstić information content (AvgIpc) is 3.19. The Labute approximate surface area is 166 Å². The predicted molar refractivity (Wildman–Crippen MR) is 104 cm³/mol. The van der Waals surface area contributed by atoms with E-state index in [2.05, 4.69) is 6.07 Å². The molecule has 0 aliphatic carbocycles. The first-order valence-electron chi connectivity index (χ1n) is 9.13. The minimum absolute atomic E-state index is 0.0189. The zero-order valence-corrected chi connectivity index (χ0v) is 15.7. The smallest absolute Gasteiger partial charge is 0.231 e. The molecule has 7 heteroatoms. The van der Waals surface area contributed by atoms with E-state index in [0.29, 0.717) is 29.2 Å². The number of hydrogen-bond acceptors (Lipinski definition) is 6. The van der Waals surface area contributed by atoms with Crippen LogP contribution in [0.5, 0.6) is 23.0 Å². The number of methoxy groups -OCH3 is 1. The summed E-state index contributed by atoms with van der Waals surface area (Å²) < 4.78 is 18.0. The number of fused-ring (bicyclic) bond motifs is 4. The summed E-state index contributed by atoms with van der Waals surface area (Å²) in [6.07, 6.45) is 0.739. The van der Waals surface area contributed by atoms with Gasteiger partial charge in [-0.2, -0.15) is 5.26 Å². The van der Waals surface area contributed by atoms with Gasteiger partial charge in [0, 0.05) is 17.7 Å². The van der Waals surface area contributed by atoms with E-state index in [9.17, 15) is 10.4 Å². The van der Waals surface area contributed by atoms with Gasteiger partial charge in [-0.05, 0) is 47.9 Å². The average molecular weight is 387 g/mol. The van der Waals surface area contributed by atoms with Crippen molar-refractivity contribution in [2.45, 2.75) is 13.0 Å². The second-order valence-electron chi connectivity index (χ2n) is 6.93. The number of nitrogens with zero attached hydrogens (tertiary/aromatic N) is 2. The van der Waals surface area contributed by atoms with Crippen molar-refractivity contribution in [2.75, 3.05) is 13.9 Å². The maximum absolute atomic E-state index is 10.2. The molecule has 29 heavy (non-hydrogen) atoms. The molecule has 0 saturated heterocycles. The second-order valence-corrected chi connectivity index (χ2v) is 6.93. The highest BCUT2D eigenvalue weighted by molar-refractivity contribution is 5.79. The van der Waals surface area contributed by atoms with E-state index in [-0.39, 0.29) is 23.6 Å². The van der Waals surface area contributed by atoms with E-state index in [0.717, 1.165) is 29.0 Å². The van der Waals surface area contributed by atoms with Crippen LogP contribution in [0, 0.1) is 16.7 Å². The van der Waals surface area contributed by atoms with Crippen LogP contribution in [-0.2, 0) is 13.0 Å². The van der Waals surface area contributed by atoms with Gasteiger partial charge < -0.3 is 23.9 Å². The summed E-state index contributed by atoms with van der Waals surface area (Å²) >= 11 is 0. The summed E-state index contributed by atoms with van der Waals surface area (Å²) in [7, 11) is 1.48. The van der Waals surface area contributed by atoms with Crippen molar-refractivity contribution in [3.05, 3.63) is 53.0 Å². The van der Waals surface area contributed by atoms with Crippen molar-refractivity contribution in [3.8, 4) is 51.5 Å². The summed E-state index contributed by atoms with van der Waals surface area (Å²) in [6.45, 7) is 0.801. The van der Waals surface area contributed by atoms with E-state index in [1.165, 1.54) is 7.11 Å². The van der Waals surface area contributed by atoms with E-state index < -0.39 is 0 Å². The quantitative estimate of drug-likeness (QED) is 0.703. The lowest BCUT2D eigenvalue weighted by molar-refractivity contribution is 0.174. The van der Waals surface area contributed by atoms with Crippen LogP contribution in [0.15, 0.2) is 36.4 Å². The summed E-state index contributed by atoms with van der Waals surface area (Å²) in [5.74, 6) is 1.74. The molecule has 0 amide bonds. The molecule has 2 N–H and O–H groups in total. The number of pyridine rings is 1. The van der Waals surface area contributed by atoms with Gasteiger partial charge >= 0.3 is 0 Å². The van der Waals surface area contributed by atoms with Crippen LogP contribution in [0.25, 0.3) is 22.4 Å². The summed E-state index contributed by atoms with van der Waals surface area (Å²) in [5, 5.41) is 28.6. The Bertz CT molecular complexity index is 1270. The van der Waals surface area contributed by atoms with Crippen LogP contribution >= 0.6 is 0 Å². The molecule has 3 aromatic rings. The van der Waals surface area contributed by atoms with Crippen LogP contribution in [0.1, 0.15) is 11.1 Å². The van der Waals surface area contributed by atoms with Gasteiger partial charge in [-0.3, -0.25) is 5.41 Å². The molecule has 0 unspecified atom stereocenters. The number of nitrogens with one attached hydrogen (secondary N) is 1. The van der Waals surface area contributed by atoms with Crippen LogP contribution in [0.2, 0.25) is 0 Å². The van der Waals surface area contributed by atoms with Gasteiger partial charge in [0.1, 0.15) is 17.1 Å². The van der Waals surface area contributed by atoms with Crippen molar-refractivity contribution < 1.29 is 19.3 Å². The van der Waals surface area contributed by atoms with E-state index in [4.69, 9.17) is 19.6 Å². The molecule has 144 valence electrons. The first-order chi connectivity index (χ1) is 14.1. The Kier molecular flexibility index (Phi) is 3.74. The molecule has 0 saturated carbocycles. The van der Waals surface area contributed by atoms with Gasteiger partial charge in [-0.1, -0.05) is 6.07 Å². The number of aromatic hydroxyl groups is 1. The number of nitriles is 1. The van der Waals surface area contributed by atoms with Crippen LogP contribution < -0.4 is 19.7 Å². The predicted octanol–water partition coefficient (Wildman–Crippen LogP) is 3.17. The fourth-order valence-corrected chi connectivity index (χ4v) is 3.99. The number of rotatable bonds is 2. The van der Waals surface area contributed by atoms with Crippen LogP contribution in [0.4, 0.5) is 0 Å². The molecule has 0 radical (unpaired) electrons. The minimum Gasteiger partial charge on any atom is -0.504 e. The van der Waals surface area contributed by atoms with Crippen molar-refractivity contribution in [1.82, 2.24) is 4.57 Å². The lowest BCUT2D eigenvalue weighted by Crippen LogP contribution is -2.28. The lowest BCUT2D eigenvalue weighted by atomic mass is 9.92. The van der Waals surface area contributed by atoms with Crippen LogP contribution in [-0.4, -0.2) is 23.6 Å². The molecule has 0 fully saturated rings. The zero-order valence-electron chi connectivity index (χ0n) is 15.7. The number of hydrogen-bond donors (Lipinski definition) is 2. The Hall–Kier alpha value is -3.92. The fourth-order valence-electron chi connectivity index (χ4n) is 3.99. The second kappa shape index (κ2) is 6.31. The van der Waals surface area contributed by atoms with Crippen molar-refractivity contribution in [1.29, 1.82) is 10.7 Å². The minimum atomic E-state index is -0.0189. The number of benzene rings is 2. The SMILES string of the molecule is COc1ccc(-c2cc3n(c(=N)c2C#N)CCc2cc4c(cc2-3)OCO4)cc1O. The molecule has 2 aliphatic rings. The molecule has 0 spiro atoms. The molecular weight excluding hydrogens is 370 g/mol. The highest BCUT2D eigenvalue weighted by Crippen LogP contribution is 2.42. The summed E-state index contributed by atoms with van der Waals surface area (Å²) in [4.78, 5) is 0. The zero-order chi connectivity index (χ0) is 20.1. The Morgan fingerprint density at radius 2 is 1.93 bits per heavy atom. The number of phenolic OH excluding ortho intramolecular Hbond substituents is 1. The van der Waals surface area contributed by atoms with Gasteiger partial charge in [0.2, 0.25) is 6.79 Å². The molecule has 2 aliphatic heterocycles. The van der Waals surface area contributed by atoms with Gasteiger partial charge in [-0.15, -0.1) is 0 Å². The van der Waals surface area contributed by atoms with Gasteiger partial charge in [0.25, 0.3) is 0 Å². The fraction of sp³-hybridized carbons (Fsp3) is 0.182. The Morgan fingerprint density at radius 1 is 1.14 bits per heavy atom. The molecule has 2 aromatic carbocycles. The summed E-state index contributed by atoms with van der Waals surface area (Å²) in [5.41, 5.74) is 4.55. The first kappa shape index (κ1) is 17.2. The number of phenols is 1. The molecule has 5 rings (SSSR count). The third kappa shape index (κ3) is 2.53. The van der Waals surface area contributed by atoms with E-state index in [1.54, 1.807) is 18.2 Å². The monoisotopic (exact) mass is 387 g/mol. The Morgan fingerprint density at radius 3 is 2.66 bits per heavy atom. The van der Waals surface area contributed by atoms with Gasteiger partial charge in [0.15, 0.2) is 23.0 Å². The third-order valence-corrected chi connectivity index (χ3v) is 5.43. The normalized spacial score (nSPS) is 13.4.